The number of ketones is 1. The molecule has 0 spiro atoms. The summed E-state index contributed by atoms with van der Waals surface area (Å²) in [5.41, 5.74) is 1.95. The summed E-state index contributed by atoms with van der Waals surface area (Å²) in [4.78, 5) is 12.1. The zero-order chi connectivity index (χ0) is 11.6. The van der Waals surface area contributed by atoms with E-state index in [4.69, 9.17) is 5.26 Å². The lowest BCUT2D eigenvalue weighted by atomic mass is 9.68. The molecule has 0 heterocycles. The third kappa shape index (κ3) is 1.63. The van der Waals surface area contributed by atoms with Gasteiger partial charge in [0.1, 0.15) is 5.78 Å². The first-order chi connectivity index (χ1) is 7.68. The molecule has 0 fully saturated rings. The van der Waals surface area contributed by atoms with Crippen molar-refractivity contribution in [2.45, 2.75) is 38.0 Å². The highest BCUT2D eigenvalue weighted by atomic mass is 16.1. The van der Waals surface area contributed by atoms with Crippen molar-refractivity contribution in [1.82, 2.24) is 0 Å². The van der Waals surface area contributed by atoms with Gasteiger partial charge in [-0.2, -0.15) is 5.26 Å². The third-order valence-electron chi connectivity index (χ3n) is 3.59. The highest BCUT2D eigenvalue weighted by molar-refractivity contribution is 5.91. The monoisotopic (exact) mass is 213 g/mol. The molecule has 0 N–H and O–H groups in total. The van der Waals surface area contributed by atoms with Gasteiger partial charge in [0.05, 0.1) is 11.5 Å². The second-order valence-electron chi connectivity index (χ2n) is 4.57. The van der Waals surface area contributed by atoms with Crippen LogP contribution in [0.3, 0.4) is 0 Å². The van der Waals surface area contributed by atoms with E-state index in [-0.39, 0.29) is 5.78 Å². The van der Waals surface area contributed by atoms with Gasteiger partial charge in [-0.3, -0.25) is 4.79 Å². The minimum absolute atomic E-state index is 0.279. The van der Waals surface area contributed by atoms with Crippen molar-refractivity contribution < 1.29 is 4.79 Å². The van der Waals surface area contributed by atoms with Gasteiger partial charge in [-0.25, -0.2) is 0 Å². The number of carbonyl (C=O) groups is 1. The Labute approximate surface area is 95.9 Å². The molecule has 2 nitrogen and oxygen atoms in total. The van der Waals surface area contributed by atoms with Gasteiger partial charge in [0, 0.05) is 12.8 Å². The highest BCUT2D eigenvalue weighted by Gasteiger charge is 2.38. The fourth-order valence-corrected chi connectivity index (χ4v) is 2.53. The second kappa shape index (κ2) is 4.09. The summed E-state index contributed by atoms with van der Waals surface area (Å²) in [6.45, 7) is 1.98. The number of Topliss-reactive ketones (excluding diaryl/α,β-unsaturated/α-hetero) is 1. The van der Waals surface area contributed by atoms with E-state index in [1.165, 1.54) is 5.56 Å². The summed E-state index contributed by atoms with van der Waals surface area (Å²) in [6.07, 6.45) is 2.53. The molecule has 2 heteroatoms. The zero-order valence-electron chi connectivity index (χ0n) is 9.49. The van der Waals surface area contributed by atoms with Crippen LogP contribution in [0.15, 0.2) is 24.3 Å². The van der Waals surface area contributed by atoms with Gasteiger partial charge in [-0.1, -0.05) is 24.3 Å². The molecule has 1 aliphatic carbocycles. The Hall–Kier alpha value is -1.62. The van der Waals surface area contributed by atoms with Gasteiger partial charge < -0.3 is 0 Å². The van der Waals surface area contributed by atoms with Crippen LogP contribution in [-0.2, 0) is 16.6 Å². The van der Waals surface area contributed by atoms with Gasteiger partial charge >= 0.3 is 0 Å². The van der Waals surface area contributed by atoms with Gasteiger partial charge in [0.15, 0.2) is 0 Å². The number of hydrogen-bond acceptors (Lipinski definition) is 2. The smallest absolute Gasteiger partial charge is 0.143 e. The molecule has 0 aliphatic heterocycles. The van der Waals surface area contributed by atoms with Crippen molar-refractivity contribution >= 4 is 5.78 Å². The van der Waals surface area contributed by atoms with Crippen molar-refractivity contribution in [2.24, 2.45) is 0 Å². The van der Waals surface area contributed by atoms with E-state index in [9.17, 15) is 4.79 Å². The molecule has 1 aromatic rings. The molecular formula is C14H15NO. The summed E-state index contributed by atoms with van der Waals surface area (Å²) < 4.78 is 0. The predicted octanol–water partition coefficient (Wildman–Crippen LogP) is 2.76. The van der Waals surface area contributed by atoms with Crippen molar-refractivity contribution in [1.29, 1.82) is 5.26 Å². The summed E-state index contributed by atoms with van der Waals surface area (Å²) >= 11 is 0. The lowest BCUT2D eigenvalue weighted by Crippen LogP contribution is -2.37. The standard InChI is InChI=1S/C14H15NO/c1-14(9-4-10-15)12-6-3-2-5-11(12)7-8-13(14)16/h2-3,5-6H,4,7-9H2,1H3. The third-order valence-corrected chi connectivity index (χ3v) is 3.59. The van der Waals surface area contributed by atoms with E-state index in [0.29, 0.717) is 19.3 Å². The van der Waals surface area contributed by atoms with Crippen molar-refractivity contribution in [2.75, 3.05) is 0 Å². The minimum Gasteiger partial charge on any atom is -0.299 e. The van der Waals surface area contributed by atoms with Crippen LogP contribution in [0.1, 0.15) is 37.3 Å². The summed E-state index contributed by atoms with van der Waals surface area (Å²) in [5.74, 6) is 0.279. The number of fused-ring (bicyclic) bond motifs is 1. The quantitative estimate of drug-likeness (QED) is 0.758. The maximum atomic E-state index is 12.1. The number of rotatable bonds is 2. The van der Waals surface area contributed by atoms with Crippen LogP contribution in [0.25, 0.3) is 0 Å². The Morgan fingerprint density at radius 1 is 1.38 bits per heavy atom. The largest absolute Gasteiger partial charge is 0.299 e. The van der Waals surface area contributed by atoms with E-state index in [2.05, 4.69) is 12.1 Å². The first-order valence-corrected chi connectivity index (χ1v) is 5.67. The molecule has 0 radical (unpaired) electrons. The molecule has 1 aliphatic rings. The number of carbonyl (C=O) groups excluding carboxylic acids is 1. The van der Waals surface area contributed by atoms with Crippen molar-refractivity contribution in [3.63, 3.8) is 0 Å². The van der Waals surface area contributed by atoms with Crippen LogP contribution in [0.5, 0.6) is 0 Å². The zero-order valence-corrected chi connectivity index (χ0v) is 9.49. The Morgan fingerprint density at radius 2 is 2.12 bits per heavy atom. The molecular weight excluding hydrogens is 198 g/mol. The van der Waals surface area contributed by atoms with Gasteiger partial charge in [0.25, 0.3) is 0 Å². The van der Waals surface area contributed by atoms with E-state index in [1.807, 2.05) is 25.1 Å². The molecule has 1 aromatic carbocycles. The second-order valence-corrected chi connectivity index (χ2v) is 4.57. The fourth-order valence-electron chi connectivity index (χ4n) is 2.53. The van der Waals surface area contributed by atoms with Crippen molar-refractivity contribution in [3.8, 4) is 6.07 Å². The lowest BCUT2D eigenvalue weighted by Gasteiger charge is -2.34. The number of aryl methyl sites for hydroxylation is 1. The molecule has 82 valence electrons. The van der Waals surface area contributed by atoms with Crippen LogP contribution in [0.4, 0.5) is 0 Å². The maximum absolute atomic E-state index is 12.1. The predicted molar refractivity (Wildman–Crippen MR) is 62.0 cm³/mol. The number of hydrogen-bond donors (Lipinski definition) is 0. The Morgan fingerprint density at radius 3 is 2.88 bits per heavy atom. The average Bonchev–Trinajstić information content (AvgIpc) is 2.32. The molecule has 1 atom stereocenters. The van der Waals surface area contributed by atoms with Gasteiger partial charge in [-0.15, -0.1) is 0 Å². The van der Waals surface area contributed by atoms with Crippen LogP contribution >= 0.6 is 0 Å². The summed E-state index contributed by atoms with van der Waals surface area (Å²) in [5, 5.41) is 8.68. The Bertz CT molecular complexity index is 458. The van der Waals surface area contributed by atoms with Crippen molar-refractivity contribution in [3.05, 3.63) is 35.4 Å². The number of nitrogens with zero attached hydrogens (tertiary/aromatic N) is 1. The molecule has 0 amide bonds. The van der Waals surface area contributed by atoms with Crippen LogP contribution in [-0.4, -0.2) is 5.78 Å². The molecule has 1 unspecified atom stereocenters. The topological polar surface area (TPSA) is 40.9 Å². The summed E-state index contributed by atoms with van der Waals surface area (Å²) in [6, 6.07) is 10.2. The maximum Gasteiger partial charge on any atom is 0.143 e. The van der Waals surface area contributed by atoms with Crippen LogP contribution < -0.4 is 0 Å². The number of nitriles is 1. The first-order valence-electron chi connectivity index (χ1n) is 5.67. The average molecular weight is 213 g/mol. The highest BCUT2D eigenvalue weighted by Crippen LogP contribution is 2.37. The number of benzene rings is 1. The van der Waals surface area contributed by atoms with Gasteiger partial charge in [-0.05, 0) is 30.9 Å². The lowest BCUT2D eigenvalue weighted by molar-refractivity contribution is -0.124. The molecule has 16 heavy (non-hydrogen) atoms. The molecule has 0 saturated heterocycles. The Kier molecular flexibility index (Phi) is 2.78. The molecule has 2 rings (SSSR count). The molecule has 0 aromatic heterocycles. The minimum atomic E-state index is -0.440. The van der Waals surface area contributed by atoms with E-state index < -0.39 is 5.41 Å². The van der Waals surface area contributed by atoms with Gasteiger partial charge in [0.2, 0.25) is 0 Å². The van der Waals surface area contributed by atoms with E-state index in [1.54, 1.807) is 0 Å². The molecule has 0 saturated carbocycles. The van der Waals surface area contributed by atoms with E-state index in [0.717, 1.165) is 12.0 Å². The van der Waals surface area contributed by atoms with Crippen LogP contribution in [0.2, 0.25) is 0 Å². The summed E-state index contributed by atoms with van der Waals surface area (Å²) in [7, 11) is 0. The Balaban J connectivity index is 2.44. The fraction of sp³-hybridized carbons (Fsp3) is 0.429. The molecule has 0 bridgehead atoms. The van der Waals surface area contributed by atoms with E-state index >= 15 is 0 Å². The normalized spacial score (nSPS) is 23.6. The first kappa shape index (κ1) is 10.9. The SMILES string of the molecule is CC1(CCC#N)C(=O)CCc2ccccc21. The van der Waals surface area contributed by atoms with Crippen LogP contribution in [0, 0.1) is 11.3 Å².